The van der Waals surface area contributed by atoms with E-state index >= 15 is 0 Å². The van der Waals surface area contributed by atoms with Crippen molar-refractivity contribution < 1.29 is 14.3 Å². The molecule has 2 aromatic rings. The number of carbonyl (C=O) groups is 2. The monoisotopic (exact) mass is 441 g/mol. The van der Waals surface area contributed by atoms with Gasteiger partial charge in [0.15, 0.2) is 5.11 Å². The molecule has 0 aliphatic heterocycles. The Labute approximate surface area is 189 Å². The van der Waals surface area contributed by atoms with Gasteiger partial charge in [0.25, 0.3) is 5.91 Å². The van der Waals surface area contributed by atoms with Crippen LogP contribution in [0.2, 0.25) is 0 Å². The predicted octanol–water partition coefficient (Wildman–Crippen LogP) is 4.04. The minimum absolute atomic E-state index is 0.139. The summed E-state index contributed by atoms with van der Waals surface area (Å²) >= 11 is 5.48. The van der Waals surface area contributed by atoms with Gasteiger partial charge in [0.1, 0.15) is 5.75 Å². The summed E-state index contributed by atoms with van der Waals surface area (Å²) in [6, 6.07) is 16.8. The first-order valence-electron chi connectivity index (χ1n) is 10.7. The van der Waals surface area contributed by atoms with Gasteiger partial charge in [-0.2, -0.15) is 0 Å². The van der Waals surface area contributed by atoms with Crippen molar-refractivity contribution in [2.24, 2.45) is 5.73 Å². The van der Waals surface area contributed by atoms with E-state index in [1.807, 2.05) is 36.4 Å². The van der Waals surface area contributed by atoms with Crippen molar-refractivity contribution in [3.8, 4) is 5.75 Å². The van der Waals surface area contributed by atoms with Crippen LogP contribution in [0.3, 0.4) is 0 Å². The smallest absolute Gasteiger partial charge is 0.261 e. The first-order chi connectivity index (χ1) is 15.0. The second-order valence-electron chi connectivity index (χ2n) is 7.29. The van der Waals surface area contributed by atoms with E-state index in [0.717, 1.165) is 24.8 Å². The number of thiocarbonyl (C=S) groups is 1. The molecule has 0 saturated carbocycles. The van der Waals surface area contributed by atoms with E-state index in [1.165, 1.54) is 6.42 Å². The zero-order valence-electron chi connectivity index (χ0n) is 18.0. The van der Waals surface area contributed by atoms with E-state index in [9.17, 15) is 9.59 Å². The summed E-state index contributed by atoms with van der Waals surface area (Å²) < 4.78 is 5.84. The summed E-state index contributed by atoms with van der Waals surface area (Å²) in [7, 11) is 0. The lowest BCUT2D eigenvalue weighted by atomic mass is 10.2. The topological polar surface area (TPSA) is 84.7 Å². The number of nitrogens with zero attached hydrogens (tertiary/aromatic N) is 1. The number of amides is 2. The maximum atomic E-state index is 12.9. The Hall–Kier alpha value is -2.93. The van der Waals surface area contributed by atoms with Gasteiger partial charge in [-0.3, -0.25) is 14.9 Å². The molecule has 6 nitrogen and oxygen atoms in total. The first kappa shape index (κ1) is 24.3. The van der Waals surface area contributed by atoms with Crippen molar-refractivity contribution in [1.29, 1.82) is 0 Å². The Morgan fingerprint density at radius 2 is 1.74 bits per heavy atom. The Morgan fingerprint density at radius 1 is 1.03 bits per heavy atom. The van der Waals surface area contributed by atoms with Gasteiger partial charge < -0.3 is 15.4 Å². The van der Waals surface area contributed by atoms with E-state index in [2.05, 4.69) is 12.2 Å². The molecule has 0 aliphatic carbocycles. The summed E-state index contributed by atoms with van der Waals surface area (Å²) in [6.07, 6.45) is 4.51. The average molecular weight is 442 g/mol. The molecule has 0 fully saturated rings. The van der Waals surface area contributed by atoms with E-state index < -0.39 is 5.91 Å². The quantitative estimate of drug-likeness (QED) is 0.384. The SMILES string of the molecule is CCCCCCOc1ccccc1C(=O)NC(=S)N(CCC(N)=O)Cc1ccccc1. The van der Waals surface area contributed by atoms with E-state index in [4.69, 9.17) is 22.7 Å². The molecule has 0 radical (unpaired) electrons. The number of hydrogen-bond donors (Lipinski definition) is 2. The number of nitrogens with two attached hydrogens (primary N) is 1. The standard InChI is InChI=1S/C24H31N3O3S/c1-2-3-4-10-17-30-21-14-9-8-13-20(21)23(29)26-24(31)27(16-15-22(25)28)18-19-11-6-5-7-12-19/h5-9,11-14H,2-4,10,15-18H2,1H3,(H2,25,28)(H,26,29,31). The number of rotatable bonds is 12. The van der Waals surface area contributed by atoms with Gasteiger partial charge in [0, 0.05) is 19.5 Å². The van der Waals surface area contributed by atoms with Crippen LogP contribution in [0, 0.1) is 0 Å². The molecule has 0 unspecified atom stereocenters. The van der Waals surface area contributed by atoms with Gasteiger partial charge in [0.2, 0.25) is 5.91 Å². The van der Waals surface area contributed by atoms with Crippen LogP contribution in [0.15, 0.2) is 54.6 Å². The average Bonchev–Trinajstić information content (AvgIpc) is 2.77. The van der Waals surface area contributed by atoms with Crippen molar-refractivity contribution in [3.63, 3.8) is 0 Å². The number of unbranched alkanes of at least 4 members (excludes halogenated alkanes) is 3. The van der Waals surface area contributed by atoms with Crippen LogP contribution in [0.5, 0.6) is 5.75 Å². The van der Waals surface area contributed by atoms with Crippen LogP contribution < -0.4 is 15.8 Å². The Kier molecular flexibility index (Phi) is 10.5. The summed E-state index contributed by atoms with van der Waals surface area (Å²) in [5.74, 6) is -0.230. The van der Waals surface area contributed by atoms with Gasteiger partial charge in [-0.05, 0) is 36.3 Å². The van der Waals surface area contributed by atoms with Crippen LogP contribution in [0.25, 0.3) is 0 Å². The molecule has 31 heavy (non-hydrogen) atoms. The molecule has 0 aliphatic rings. The highest BCUT2D eigenvalue weighted by Crippen LogP contribution is 2.19. The van der Waals surface area contributed by atoms with E-state index in [-0.39, 0.29) is 17.4 Å². The predicted molar refractivity (Wildman–Crippen MR) is 127 cm³/mol. The highest BCUT2D eigenvalue weighted by molar-refractivity contribution is 7.80. The van der Waals surface area contributed by atoms with Crippen LogP contribution in [0.1, 0.15) is 54.9 Å². The van der Waals surface area contributed by atoms with E-state index in [0.29, 0.717) is 31.0 Å². The minimum atomic E-state index is -0.422. The molecule has 3 N–H and O–H groups in total. The molecule has 2 aromatic carbocycles. The second-order valence-corrected chi connectivity index (χ2v) is 7.67. The van der Waals surface area contributed by atoms with Gasteiger partial charge in [-0.25, -0.2) is 0 Å². The molecule has 0 aromatic heterocycles. The van der Waals surface area contributed by atoms with Gasteiger partial charge in [0.05, 0.1) is 12.2 Å². The lowest BCUT2D eigenvalue weighted by Gasteiger charge is -2.25. The highest BCUT2D eigenvalue weighted by Gasteiger charge is 2.18. The first-order valence-corrected chi connectivity index (χ1v) is 11.1. The second kappa shape index (κ2) is 13.4. The van der Waals surface area contributed by atoms with Crippen molar-refractivity contribution in [2.75, 3.05) is 13.2 Å². The number of carbonyl (C=O) groups excluding carboxylic acids is 2. The van der Waals surface area contributed by atoms with Gasteiger partial charge in [-0.1, -0.05) is 68.7 Å². The van der Waals surface area contributed by atoms with Crippen molar-refractivity contribution in [2.45, 2.75) is 45.6 Å². The summed E-state index contributed by atoms with van der Waals surface area (Å²) in [6.45, 7) is 3.50. The third kappa shape index (κ3) is 8.76. The zero-order valence-corrected chi connectivity index (χ0v) is 18.8. The molecular weight excluding hydrogens is 410 g/mol. The molecule has 7 heteroatoms. The summed E-state index contributed by atoms with van der Waals surface area (Å²) in [4.78, 5) is 26.0. The zero-order chi connectivity index (χ0) is 22.5. The number of benzene rings is 2. The van der Waals surface area contributed by atoms with Crippen LogP contribution in [0.4, 0.5) is 0 Å². The fourth-order valence-corrected chi connectivity index (χ4v) is 3.28. The normalized spacial score (nSPS) is 10.4. The molecule has 0 saturated heterocycles. The maximum Gasteiger partial charge on any atom is 0.261 e. The Bertz CT molecular complexity index is 858. The molecule has 0 spiro atoms. The molecule has 2 amide bonds. The van der Waals surface area contributed by atoms with Crippen molar-refractivity contribution in [1.82, 2.24) is 10.2 Å². The number of hydrogen-bond acceptors (Lipinski definition) is 4. The summed E-state index contributed by atoms with van der Waals surface area (Å²) in [5, 5.41) is 3.02. The molecule has 0 heterocycles. The molecular formula is C24H31N3O3S. The maximum absolute atomic E-state index is 12.9. The highest BCUT2D eigenvalue weighted by atomic mass is 32.1. The van der Waals surface area contributed by atoms with Crippen molar-refractivity contribution >= 4 is 29.1 Å². The fraction of sp³-hybridized carbons (Fsp3) is 0.375. The Balaban J connectivity index is 2.03. The molecule has 0 bridgehead atoms. The molecule has 166 valence electrons. The largest absolute Gasteiger partial charge is 0.493 e. The minimum Gasteiger partial charge on any atom is -0.493 e. The van der Waals surface area contributed by atoms with Gasteiger partial charge in [-0.15, -0.1) is 0 Å². The number of nitrogens with one attached hydrogen (secondary N) is 1. The molecule has 2 rings (SSSR count). The van der Waals surface area contributed by atoms with E-state index in [1.54, 1.807) is 23.1 Å². The number of para-hydroxylation sites is 1. The number of primary amides is 1. The van der Waals surface area contributed by atoms with Crippen LogP contribution in [-0.2, 0) is 11.3 Å². The van der Waals surface area contributed by atoms with Gasteiger partial charge >= 0.3 is 0 Å². The van der Waals surface area contributed by atoms with Crippen LogP contribution >= 0.6 is 12.2 Å². The Morgan fingerprint density at radius 3 is 2.45 bits per heavy atom. The lowest BCUT2D eigenvalue weighted by molar-refractivity contribution is -0.118. The van der Waals surface area contributed by atoms with Crippen LogP contribution in [-0.4, -0.2) is 35.0 Å². The lowest BCUT2D eigenvalue weighted by Crippen LogP contribution is -2.43. The third-order valence-corrected chi connectivity index (χ3v) is 5.10. The fourth-order valence-electron chi connectivity index (χ4n) is 3.04. The van der Waals surface area contributed by atoms with Crippen molar-refractivity contribution in [3.05, 3.63) is 65.7 Å². The number of ether oxygens (including phenoxy) is 1. The molecule has 0 atom stereocenters. The third-order valence-electron chi connectivity index (χ3n) is 4.74. The summed E-state index contributed by atoms with van der Waals surface area (Å²) in [5.41, 5.74) is 6.75.